The first-order valence-corrected chi connectivity index (χ1v) is 8.81. The van der Waals surface area contributed by atoms with Gasteiger partial charge in [-0.3, -0.25) is 4.68 Å². The highest BCUT2D eigenvalue weighted by atomic mass is 79.9. The van der Waals surface area contributed by atoms with Gasteiger partial charge in [0.25, 0.3) is 0 Å². The number of para-hydroxylation sites is 1. The molecule has 1 heterocycles. The SMILES string of the molecule is Cc1nn(CCCNC(=S)Nc2ccccc2C(F)(F)F)c(C)c1Br. The van der Waals surface area contributed by atoms with Crippen LogP contribution in [0, 0.1) is 13.8 Å². The number of halogens is 4. The largest absolute Gasteiger partial charge is 0.418 e. The Balaban J connectivity index is 1.85. The van der Waals surface area contributed by atoms with Crippen molar-refractivity contribution < 1.29 is 13.2 Å². The molecule has 0 aliphatic carbocycles. The number of benzene rings is 1. The molecular formula is C16H18BrF3N4S. The van der Waals surface area contributed by atoms with Crippen molar-refractivity contribution in [3.63, 3.8) is 0 Å². The summed E-state index contributed by atoms with van der Waals surface area (Å²) in [6.45, 7) is 5.10. The van der Waals surface area contributed by atoms with Crippen LogP contribution in [0.25, 0.3) is 0 Å². The fraction of sp³-hybridized carbons (Fsp3) is 0.375. The van der Waals surface area contributed by atoms with Crippen LogP contribution in [0.2, 0.25) is 0 Å². The standard InChI is InChI=1S/C16H18BrF3N4S/c1-10-14(17)11(2)24(23-10)9-5-8-21-15(25)22-13-7-4-3-6-12(13)16(18,19)20/h3-4,6-7H,5,8-9H2,1-2H3,(H2,21,22,25). The number of hydrogen-bond donors (Lipinski definition) is 2. The lowest BCUT2D eigenvalue weighted by Crippen LogP contribution is -2.30. The Hall–Kier alpha value is -1.61. The number of nitrogens with one attached hydrogen (secondary N) is 2. The molecule has 4 nitrogen and oxygen atoms in total. The third-order valence-electron chi connectivity index (χ3n) is 3.61. The first-order chi connectivity index (χ1) is 11.7. The maximum atomic E-state index is 12.9. The average molecular weight is 435 g/mol. The molecule has 0 saturated carbocycles. The summed E-state index contributed by atoms with van der Waals surface area (Å²) in [5.41, 5.74) is 1.16. The van der Waals surface area contributed by atoms with E-state index in [0.29, 0.717) is 13.1 Å². The van der Waals surface area contributed by atoms with Crippen molar-refractivity contribution in [1.82, 2.24) is 15.1 Å². The highest BCUT2D eigenvalue weighted by Gasteiger charge is 2.33. The summed E-state index contributed by atoms with van der Waals surface area (Å²) < 4.78 is 41.7. The molecule has 136 valence electrons. The molecule has 2 aromatic rings. The lowest BCUT2D eigenvalue weighted by molar-refractivity contribution is -0.136. The number of rotatable bonds is 5. The third-order valence-corrected chi connectivity index (χ3v) is 5.00. The van der Waals surface area contributed by atoms with Crippen molar-refractivity contribution in [3.8, 4) is 0 Å². The Morgan fingerprint density at radius 2 is 1.96 bits per heavy atom. The molecule has 0 saturated heterocycles. The van der Waals surface area contributed by atoms with Crippen LogP contribution in [0.15, 0.2) is 28.7 Å². The fourth-order valence-electron chi connectivity index (χ4n) is 2.33. The number of aromatic nitrogens is 2. The summed E-state index contributed by atoms with van der Waals surface area (Å²) in [6.07, 6.45) is -3.70. The third kappa shape index (κ3) is 5.18. The maximum absolute atomic E-state index is 12.9. The Morgan fingerprint density at radius 1 is 1.28 bits per heavy atom. The zero-order chi connectivity index (χ0) is 18.6. The second kappa shape index (κ2) is 8.18. The molecule has 0 unspecified atom stereocenters. The molecule has 1 aromatic heterocycles. The van der Waals surface area contributed by atoms with Crippen LogP contribution < -0.4 is 10.6 Å². The summed E-state index contributed by atoms with van der Waals surface area (Å²) in [7, 11) is 0. The zero-order valence-electron chi connectivity index (χ0n) is 13.7. The van der Waals surface area contributed by atoms with Crippen LogP contribution in [-0.2, 0) is 12.7 Å². The van der Waals surface area contributed by atoms with E-state index in [1.165, 1.54) is 18.2 Å². The van der Waals surface area contributed by atoms with Crippen LogP contribution in [0.1, 0.15) is 23.4 Å². The minimum absolute atomic E-state index is 0.0602. The van der Waals surface area contributed by atoms with Gasteiger partial charge in [-0.2, -0.15) is 18.3 Å². The zero-order valence-corrected chi connectivity index (χ0v) is 16.1. The van der Waals surface area contributed by atoms with Crippen LogP contribution >= 0.6 is 28.1 Å². The molecule has 25 heavy (non-hydrogen) atoms. The molecule has 0 radical (unpaired) electrons. The van der Waals surface area contributed by atoms with Crippen molar-refractivity contribution >= 4 is 38.9 Å². The topological polar surface area (TPSA) is 41.9 Å². The molecule has 0 spiro atoms. The number of nitrogens with zero attached hydrogens (tertiary/aromatic N) is 2. The van der Waals surface area contributed by atoms with E-state index in [9.17, 15) is 13.2 Å². The van der Waals surface area contributed by atoms with E-state index in [2.05, 4.69) is 31.7 Å². The molecule has 9 heteroatoms. The van der Waals surface area contributed by atoms with Crippen molar-refractivity contribution in [2.45, 2.75) is 33.0 Å². The van der Waals surface area contributed by atoms with Crippen LogP contribution in [0.5, 0.6) is 0 Å². The van der Waals surface area contributed by atoms with E-state index in [-0.39, 0.29) is 10.8 Å². The summed E-state index contributed by atoms with van der Waals surface area (Å²) in [6, 6.07) is 5.24. The van der Waals surface area contributed by atoms with Gasteiger partial charge in [-0.25, -0.2) is 0 Å². The van der Waals surface area contributed by atoms with E-state index >= 15 is 0 Å². The second-order valence-corrected chi connectivity index (χ2v) is 6.69. The fourth-order valence-corrected chi connectivity index (χ4v) is 2.83. The van der Waals surface area contributed by atoms with Crippen molar-refractivity contribution in [2.75, 3.05) is 11.9 Å². The first kappa shape index (κ1) is 19.7. The lowest BCUT2D eigenvalue weighted by atomic mass is 10.1. The Bertz CT molecular complexity index is 758. The Morgan fingerprint density at radius 3 is 2.56 bits per heavy atom. The van der Waals surface area contributed by atoms with Gasteiger partial charge in [-0.05, 0) is 60.5 Å². The predicted molar refractivity (Wildman–Crippen MR) is 99.7 cm³/mol. The summed E-state index contributed by atoms with van der Waals surface area (Å²) >= 11 is 8.55. The minimum Gasteiger partial charge on any atom is -0.362 e. The molecule has 2 rings (SSSR count). The van der Waals surface area contributed by atoms with E-state index in [1.807, 2.05) is 18.5 Å². The lowest BCUT2D eigenvalue weighted by Gasteiger charge is -2.15. The highest BCUT2D eigenvalue weighted by Crippen LogP contribution is 2.34. The first-order valence-electron chi connectivity index (χ1n) is 7.60. The number of alkyl halides is 3. The van der Waals surface area contributed by atoms with Crippen molar-refractivity contribution in [3.05, 3.63) is 45.7 Å². The van der Waals surface area contributed by atoms with Gasteiger partial charge >= 0.3 is 6.18 Å². The Kier molecular flexibility index (Phi) is 6.45. The van der Waals surface area contributed by atoms with E-state index in [4.69, 9.17) is 12.2 Å². The second-order valence-electron chi connectivity index (χ2n) is 5.49. The number of hydrogen-bond acceptors (Lipinski definition) is 2. The van der Waals surface area contributed by atoms with E-state index < -0.39 is 11.7 Å². The normalized spacial score (nSPS) is 11.4. The molecule has 0 aliphatic rings. The molecule has 0 aliphatic heterocycles. The average Bonchev–Trinajstić information content (AvgIpc) is 2.78. The van der Waals surface area contributed by atoms with Gasteiger partial charge in [0.15, 0.2) is 5.11 Å². The molecule has 0 fully saturated rings. The van der Waals surface area contributed by atoms with Gasteiger partial charge in [0.2, 0.25) is 0 Å². The van der Waals surface area contributed by atoms with Crippen molar-refractivity contribution in [1.29, 1.82) is 0 Å². The summed E-state index contributed by atoms with van der Waals surface area (Å²) in [4.78, 5) is 0. The smallest absolute Gasteiger partial charge is 0.362 e. The van der Waals surface area contributed by atoms with E-state index in [1.54, 1.807) is 0 Å². The van der Waals surface area contributed by atoms with Gasteiger partial charge in [-0.1, -0.05) is 12.1 Å². The summed E-state index contributed by atoms with van der Waals surface area (Å²) in [5.74, 6) is 0. The highest BCUT2D eigenvalue weighted by molar-refractivity contribution is 9.10. The monoisotopic (exact) mass is 434 g/mol. The molecule has 0 amide bonds. The van der Waals surface area contributed by atoms with Gasteiger partial charge < -0.3 is 10.6 Å². The Labute approximate surface area is 157 Å². The van der Waals surface area contributed by atoms with Gasteiger partial charge in [0.1, 0.15) is 0 Å². The maximum Gasteiger partial charge on any atom is 0.418 e. The summed E-state index contributed by atoms with van der Waals surface area (Å²) in [5, 5.41) is 10.1. The number of anilines is 1. The van der Waals surface area contributed by atoms with Gasteiger partial charge in [0, 0.05) is 18.8 Å². The number of thiocarbonyl (C=S) groups is 1. The van der Waals surface area contributed by atoms with Crippen LogP contribution in [0.3, 0.4) is 0 Å². The number of aryl methyl sites for hydroxylation is 2. The molecule has 0 atom stereocenters. The minimum atomic E-state index is -4.43. The molecule has 0 bridgehead atoms. The molecule has 2 N–H and O–H groups in total. The van der Waals surface area contributed by atoms with Crippen LogP contribution in [0.4, 0.5) is 18.9 Å². The van der Waals surface area contributed by atoms with E-state index in [0.717, 1.165) is 28.3 Å². The molecule has 1 aromatic carbocycles. The van der Waals surface area contributed by atoms with Crippen molar-refractivity contribution in [2.24, 2.45) is 0 Å². The van der Waals surface area contributed by atoms with Gasteiger partial charge in [-0.15, -0.1) is 0 Å². The van der Waals surface area contributed by atoms with Crippen LogP contribution in [-0.4, -0.2) is 21.4 Å². The quantitative estimate of drug-likeness (QED) is 0.530. The predicted octanol–water partition coefficient (Wildman–Crippen LogP) is 4.66. The van der Waals surface area contributed by atoms with Gasteiger partial charge in [0.05, 0.1) is 21.4 Å². The molecular weight excluding hydrogens is 417 g/mol.